The maximum Gasteiger partial charge on any atom is 0.188 e. The number of aliphatic hydroxyl groups is 13. The normalized spacial score (nSPS) is 44.4. The zero-order valence-corrected chi connectivity index (χ0v) is 23.9. The average molecular weight is 648 g/mol. The number of rotatable bonds is 13. The molecule has 0 aromatic carbocycles. The lowest BCUT2D eigenvalue weighted by Crippen LogP contribution is -2.65. The van der Waals surface area contributed by atoms with E-state index in [1.165, 1.54) is 19.9 Å². The molecule has 2 fully saturated rings. The van der Waals surface area contributed by atoms with Crippen molar-refractivity contribution in [3.05, 3.63) is 11.8 Å². The molecule has 0 radical (unpaired) electrons. The summed E-state index contributed by atoms with van der Waals surface area (Å²) < 4.78 is 27.4. The second-order valence-electron chi connectivity index (χ2n) is 11.1. The second kappa shape index (κ2) is 16.1. The molecule has 19 nitrogen and oxygen atoms in total. The van der Waals surface area contributed by atoms with Crippen molar-refractivity contribution in [3.63, 3.8) is 0 Å². The van der Waals surface area contributed by atoms with Crippen LogP contribution in [0.3, 0.4) is 0 Å². The number of hydrogen-bond donors (Lipinski definition) is 14. The minimum atomic E-state index is -1.97. The highest BCUT2D eigenvalue weighted by molar-refractivity contribution is 5.17. The molecule has 0 aromatic rings. The molecule has 2 saturated heterocycles. The van der Waals surface area contributed by atoms with Crippen molar-refractivity contribution in [1.29, 1.82) is 0 Å². The van der Waals surface area contributed by atoms with E-state index in [1.807, 2.05) is 0 Å². The van der Waals surface area contributed by atoms with Crippen LogP contribution in [0.5, 0.6) is 0 Å². The van der Waals surface area contributed by atoms with Crippen molar-refractivity contribution in [2.24, 2.45) is 5.92 Å². The molecule has 3 rings (SSSR count). The van der Waals surface area contributed by atoms with E-state index < -0.39 is 130 Å². The molecule has 3 aliphatic rings. The third kappa shape index (κ3) is 8.20. The van der Waals surface area contributed by atoms with E-state index in [4.69, 9.17) is 23.7 Å². The molecule has 2 aliphatic heterocycles. The highest BCUT2D eigenvalue weighted by Crippen LogP contribution is 2.31. The lowest BCUT2D eigenvalue weighted by Gasteiger charge is -2.46. The molecule has 44 heavy (non-hydrogen) atoms. The fraction of sp³-hybridized carbons (Fsp3) is 0.920. The van der Waals surface area contributed by atoms with E-state index in [1.54, 1.807) is 0 Å². The van der Waals surface area contributed by atoms with Gasteiger partial charge in [-0.15, -0.1) is 0 Å². The van der Waals surface area contributed by atoms with Crippen molar-refractivity contribution in [2.75, 3.05) is 19.8 Å². The molecular weight excluding hydrogens is 602 g/mol. The molecule has 18 atom stereocenters. The molecule has 2 heterocycles. The molecule has 0 aromatic heterocycles. The first-order chi connectivity index (χ1) is 20.7. The minimum Gasteiger partial charge on any atom is -0.396 e. The van der Waals surface area contributed by atoms with E-state index in [-0.39, 0.29) is 5.70 Å². The summed E-state index contributed by atoms with van der Waals surface area (Å²) in [6, 6.07) is 0. The van der Waals surface area contributed by atoms with Crippen LogP contribution in [0.1, 0.15) is 13.8 Å². The Morgan fingerprint density at radius 1 is 0.750 bits per heavy atom. The Labute approximate surface area is 251 Å². The Morgan fingerprint density at radius 2 is 1.34 bits per heavy atom. The molecule has 1 aliphatic carbocycles. The minimum absolute atomic E-state index is 0.0444. The Balaban J connectivity index is 1.74. The fourth-order valence-electron chi connectivity index (χ4n) is 5.11. The van der Waals surface area contributed by atoms with Gasteiger partial charge >= 0.3 is 0 Å². The van der Waals surface area contributed by atoms with Crippen molar-refractivity contribution >= 4 is 0 Å². The molecular formula is C25H45NO18. The molecule has 0 bridgehead atoms. The predicted octanol–water partition coefficient (Wildman–Crippen LogP) is -7.76. The lowest BCUT2D eigenvalue weighted by atomic mass is 9.87. The van der Waals surface area contributed by atoms with Gasteiger partial charge in [0.2, 0.25) is 0 Å². The Kier molecular flexibility index (Phi) is 13.6. The van der Waals surface area contributed by atoms with Crippen LogP contribution in [0.2, 0.25) is 0 Å². The largest absolute Gasteiger partial charge is 0.396 e. The fourth-order valence-corrected chi connectivity index (χ4v) is 5.11. The molecule has 258 valence electrons. The van der Waals surface area contributed by atoms with Crippen LogP contribution in [0.4, 0.5) is 0 Å². The number of nitrogens with one attached hydrogen (secondary N) is 1. The summed E-state index contributed by atoms with van der Waals surface area (Å²) in [5.41, 5.74) is -0.0444. The van der Waals surface area contributed by atoms with Gasteiger partial charge in [-0.05, 0) is 13.8 Å². The van der Waals surface area contributed by atoms with Gasteiger partial charge in [0.15, 0.2) is 18.9 Å². The summed E-state index contributed by atoms with van der Waals surface area (Å²) in [5.74, 6) is -0.933. The van der Waals surface area contributed by atoms with Gasteiger partial charge in [0.05, 0.1) is 32.0 Å². The van der Waals surface area contributed by atoms with E-state index in [0.29, 0.717) is 0 Å². The Bertz CT molecular complexity index is 910. The monoisotopic (exact) mass is 647 g/mol. The molecule has 0 saturated carbocycles. The Hall–Kier alpha value is -1.18. The van der Waals surface area contributed by atoms with Crippen LogP contribution in [0, 0.1) is 5.92 Å². The van der Waals surface area contributed by atoms with Crippen LogP contribution in [0.15, 0.2) is 11.8 Å². The summed E-state index contributed by atoms with van der Waals surface area (Å²) in [6.07, 6.45) is -27.0. The smallest absolute Gasteiger partial charge is 0.188 e. The molecule has 14 N–H and O–H groups in total. The van der Waals surface area contributed by atoms with Gasteiger partial charge in [-0.3, -0.25) is 0 Å². The zero-order valence-electron chi connectivity index (χ0n) is 23.9. The van der Waals surface area contributed by atoms with Crippen LogP contribution in [-0.2, 0) is 23.7 Å². The molecule has 19 heteroatoms. The van der Waals surface area contributed by atoms with Crippen molar-refractivity contribution in [1.82, 2.24) is 5.32 Å². The van der Waals surface area contributed by atoms with Gasteiger partial charge in [-0.2, -0.15) is 0 Å². The highest BCUT2D eigenvalue weighted by atomic mass is 16.7. The summed E-state index contributed by atoms with van der Waals surface area (Å²) >= 11 is 0. The number of ether oxygens (including phenoxy) is 5. The first-order valence-electron chi connectivity index (χ1n) is 14.0. The summed E-state index contributed by atoms with van der Waals surface area (Å²) in [7, 11) is 0. The van der Waals surface area contributed by atoms with Crippen molar-refractivity contribution in [3.8, 4) is 0 Å². The third-order valence-corrected chi connectivity index (χ3v) is 7.76. The Morgan fingerprint density at radius 3 is 1.91 bits per heavy atom. The van der Waals surface area contributed by atoms with E-state index in [2.05, 4.69) is 5.32 Å². The van der Waals surface area contributed by atoms with Crippen LogP contribution < -0.4 is 5.32 Å². The number of aliphatic hydroxyl groups excluding tert-OH is 13. The van der Waals surface area contributed by atoms with Gasteiger partial charge < -0.3 is 95.4 Å². The van der Waals surface area contributed by atoms with Gasteiger partial charge in [0, 0.05) is 11.6 Å². The van der Waals surface area contributed by atoms with Crippen molar-refractivity contribution in [2.45, 2.75) is 118 Å². The van der Waals surface area contributed by atoms with E-state index in [9.17, 15) is 66.4 Å². The first kappa shape index (κ1) is 37.3. The highest BCUT2D eigenvalue weighted by Gasteiger charge is 2.52. The molecule has 18 unspecified atom stereocenters. The summed E-state index contributed by atoms with van der Waals surface area (Å²) in [4.78, 5) is 0. The number of hydrogen-bond acceptors (Lipinski definition) is 19. The van der Waals surface area contributed by atoms with Gasteiger partial charge in [-0.1, -0.05) is 6.08 Å². The average Bonchev–Trinajstić information content (AvgIpc) is 2.99. The quantitative estimate of drug-likeness (QED) is 0.0825. The van der Waals surface area contributed by atoms with Crippen molar-refractivity contribution < 1.29 is 90.1 Å². The maximum absolute atomic E-state index is 10.9. The third-order valence-electron chi connectivity index (χ3n) is 7.76. The molecule has 0 spiro atoms. The lowest BCUT2D eigenvalue weighted by molar-refractivity contribution is -0.369. The SMILES string of the molecule is CC(NC1=CC(CO)C(O)C(O)C1O)OC(OC1C(CO)OC(OC2C(CO)OC(O)C(O)C2O)C(O)C1O)C(O)C(C)O. The second-order valence-corrected chi connectivity index (χ2v) is 11.1. The van der Waals surface area contributed by atoms with Gasteiger partial charge in [0.1, 0.15) is 73.4 Å². The van der Waals surface area contributed by atoms with Gasteiger partial charge in [0.25, 0.3) is 0 Å². The maximum atomic E-state index is 10.9. The van der Waals surface area contributed by atoms with E-state index in [0.717, 1.165) is 0 Å². The first-order valence-corrected chi connectivity index (χ1v) is 14.0. The van der Waals surface area contributed by atoms with Crippen LogP contribution >= 0.6 is 0 Å². The summed E-state index contributed by atoms with van der Waals surface area (Å²) in [5, 5.41) is 134. The topological polar surface area (TPSA) is 321 Å². The van der Waals surface area contributed by atoms with Crippen LogP contribution in [0.25, 0.3) is 0 Å². The van der Waals surface area contributed by atoms with E-state index >= 15 is 0 Å². The predicted molar refractivity (Wildman–Crippen MR) is 139 cm³/mol. The molecule has 0 amide bonds. The van der Waals surface area contributed by atoms with Crippen LogP contribution in [-0.4, -0.2) is 191 Å². The van der Waals surface area contributed by atoms with Gasteiger partial charge in [-0.25, -0.2) is 0 Å². The standard InChI is InChI=1S/C25H45NO18/c1-7(30)13(31)24(40-8(2)26-10-3-9(4-27)14(32)16(34)15(10)33)43-22-12(6-29)42-25(20(38)18(22)36)44-21-11(5-28)41-23(39)19(37)17(21)35/h3,7-9,11-39H,4-6H2,1-2H3. The summed E-state index contributed by atoms with van der Waals surface area (Å²) in [6.45, 7) is 0.359. The zero-order chi connectivity index (χ0) is 33.0.